The molecule has 1 amide bonds. The van der Waals surface area contributed by atoms with E-state index in [2.05, 4.69) is 10.4 Å². The van der Waals surface area contributed by atoms with Crippen molar-refractivity contribution in [2.24, 2.45) is 0 Å². The van der Waals surface area contributed by atoms with E-state index in [4.69, 9.17) is 0 Å². The molecule has 0 aliphatic heterocycles. The molecular formula is C13H12F3N3O. The molecule has 2 aromatic rings. The number of nitrogens with one attached hydrogen (secondary N) is 1. The standard InChI is InChI=1S/C13H12F3N3O/c1-8-12(17-7-20)9(2)19(18-8)11-5-3-10(4-6-11)13(14,15)16/h3-7H,1-2H3,(H,17,20). The Morgan fingerprint density at radius 3 is 2.30 bits per heavy atom. The molecule has 0 spiro atoms. The van der Waals surface area contributed by atoms with Crippen molar-refractivity contribution in [3.05, 3.63) is 41.2 Å². The summed E-state index contributed by atoms with van der Waals surface area (Å²) in [6, 6.07) is 4.68. The smallest absolute Gasteiger partial charge is 0.326 e. The Labute approximate surface area is 113 Å². The van der Waals surface area contributed by atoms with Crippen LogP contribution in [0.4, 0.5) is 18.9 Å². The number of hydrogen-bond acceptors (Lipinski definition) is 2. The van der Waals surface area contributed by atoms with Crippen molar-refractivity contribution >= 4 is 12.1 Å². The van der Waals surface area contributed by atoms with Gasteiger partial charge in [-0.2, -0.15) is 18.3 Å². The number of benzene rings is 1. The molecule has 20 heavy (non-hydrogen) atoms. The van der Waals surface area contributed by atoms with Crippen LogP contribution in [0.2, 0.25) is 0 Å². The normalized spacial score (nSPS) is 11.4. The molecule has 1 N–H and O–H groups in total. The molecule has 7 heteroatoms. The Balaban J connectivity index is 2.42. The van der Waals surface area contributed by atoms with Gasteiger partial charge in [-0.05, 0) is 38.1 Å². The van der Waals surface area contributed by atoms with Gasteiger partial charge in [0.2, 0.25) is 6.41 Å². The second-order valence-electron chi connectivity index (χ2n) is 4.26. The van der Waals surface area contributed by atoms with Crippen LogP contribution in [0.25, 0.3) is 5.69 Å². The Bertz CT molecular complexity index is 630. The molecule has 0 aliphatic carbocycles. The maximum atomic E-state index is 12.5. The summed E-state index contributed by atoms with van der Waals surface area (Å²) in [5, 5.41) is 6.73. The Kier molecular flexibility index (Phi) is 3.52. The molecule has 4 nitrogen and oxygen atoms in total. The number of nitrogens with zero attached hydrogens (tertiary/aromatic N) is 2. The van der Waals surface area contributed by atoms with E-state index in [0.717, 1.165) is 12.1 Å². The molecule has 0 unspecified atom stereocenters. The molecule has 1 aromatic carbocycles. The van der Waals surface area contributed by atoms with Crippen molar-refractivity contribution in [1.29, 1.82) is 0 Å². The third-order valence-electron chi connectivity index (χ3n) is 2.93. The fraction of sp³-hybridized carbons (Fsp3) is 0.231. The van der Waals surface area contributed by atoms with Crippen molar-refractivity contribution in [3.8, 4) is 5.69 Å². The summed E-state index contributed by atoms with van der Waals surface area (Å²) < 4.78 is 39.0. The largest absolute Gasteiger partial charge is 0.416 e. The first-order valence-corrected chi connectivity index (χ1v) is 5.78. The van der Waals surface area contributed by atoms with Crippen LogP contribution in [0.1, 0.15) is 17.0 Å². The van der Waals surface area contributed by atoms with Gasteiger partial charge in [-0.3, -0.25) is 4.79 Å². The minimum absolute atomic E-state index is 0.498. The van der Waals surface area contributed by atoms with Crippen molar-refractivity contribution in [3.63, 3.8) is 0 Å². The van der Waals surface area contributed by atoms with Crippen LogP contribution >= 0.6 is 0 Å². The topological polar surface area (TPSA) is 46.9 Å². The lowest BCUT2D eigenvalue weighted by molar-refractivity contribution is -0.137. The highest BCUT2D eigenvalue weighted by Crippen LogP contribution is 2.30. The number of carbonyl (C=O) groups is 1. The first kappa shape index (κ1) is 14.1. The van der Waals surface area contributed by atoms with Crippen molar-refractivity contribution in [1.82, 2.24) is 9.78 Å². The molecule has 2 rings (SSSR count). The Morgan fingerprint density at radius 2 is 1.80 bits per heavy atom. The van der Waals surface area contributed by atoms with Crippen LogP contribution < -0.4 is 5.32 Å². The summed E-state index contributed by atoms with van der Waals surface area (Å²) in [5.74, 6) is 0. The second kappa shape index (κ2) is 4.99. The van der Waals surface area contributed by atoms with E-state index in [1.807, 2.05) is 0 Å². The van der Waals surface area contributed by atoms with Crippen LogP contribution in [0.5, 0.6) is 0 Å². The van der Waals surface area contributed by atoms with Gasteiger partial charge in [0.25, 0.3) is 0 Å². The van der Waals surface area contributed by atoms with Crippen LogP contribution in [-0.2, 0) is 11.0 Å². The average Bonchev–Trinajstić information content (AvgIpc) is 2.66. The maximum absolute atomic E-state index is 12.5. The lowest BCUT2D eigenvalue weighted by Gasteiger charge is -2.09. The zero-order valence-corrected chi connectivity index (χ0v) is 10.8. The fourth-order valence-electron chi connectivity index (χ4n) is 1.95. The third kappa shape index (κ3) is 2.52. The van der Waals surface area contributed by atoms with Gasteiger partial charge < -0.3 is 5.32 Å². The highest BCUT2D eigenvalue weighted by Gasteiger charge is 2.30. The molecule has 0 aliphatic rings. The number of alkyl halides is 3. The monoisotopic (exact) mass is 283 g/mol. The van der Waals surface area contributed by atoms with Gasteiger partial charge in [0.1, 0.15) is 0 Å². The average molecular weight is 283 g/mol. The molecule has 0 saturated heterocycles. The number of aryl methyl sites for hydroxylation is 1. The molecule has 1 heterocycles. The van der Waals surface area contributed by atoms with Crippen LogP contribution in [0.3, 0.4) is 0 Å². The molecule has 0 saturated carbocycles. The molecule has 0 atom stereocenters. The zero-order chi connectivity index (χ0) is 14.9. The highest BCUT2D eigenvalue weighted by molar-refractivity contribution is 5.74. The van der Waals surface area contributed by atoms with Crippen molar-refractivity contribution in [2.75, 3.05) is 5.32 Å². The lowest BCUT2D eigenvalue weighted by Crippen LogP contribution is -2.06. The van der Waals surface area contributed by atoms with Crippen molar-refractivity contribution in [2.45, 2.75) is 20.0 Å². The number of aromatic nitrogens is 2. The second-order valence-corrected chi connectivity index (χ2v) is 4.26. The zero-order valence-electron chi connectivity index (χ0n) is 10.8. The highest BCUT2D eigenvalue weighted by atomic mass is 19.4. The predicted octanol–water partition coefficient (Wildman–Crippen LogP) is 3.08. The molecule has 106 valence electrons. The number of rotatable bonds is 3. The van der Waals surface area contributed by atoms with E-state index in [1.165, 1.54) is 16.8 Å². The summed E-state index contributed by atoms with van der Waals surface area (Å²) >= 11 is 0. The fourth-order valence-corrected chi connectivity index (χ4v) is 1.95. The summed E-state index contributed by atoms with van der Waals surface area (Å²) in [5.41, 5.74) is 1.58. The van der Waals surface area contributed by atoms with Gasteiger partial charge in [0.15, 0.2) is 0 Å². The number of amides is 1. The van der Waals surface area contributed by atoms with Gasteiger partial charge >= 0.3 is 6.18 Å². The number of hydrogen-bond donors (Lipinski definition) is 1. The summed E-state index contributed by atoms with van der Waals surface area (Å²) in [7, 11) is 0. The third-order valence-corrected chi connectivity index (χ3v) is 2.93. The number of anilines is 1. The van der Waals surface area contributed by atoms with E-state index >= 15 is 0 Å². The predicted molar refractivity (Wildman–Crippen MR) is 67.7 cm³/mol. The Hall–Kier alpha value is -2.31. The van der Waals surface area contributed by atoms with E-state index in [0.29, 0.717) is 29.2 Å². The minimum atomic E-state index is -4.36. The van der Waals surface area contributed by atoms with Gasteiger partial charge in [0, 0.05) is 0 Å². The van der Waals surface area contributed by atoms with Crippen LogP contribution in [-0.4, -0.2) is 16.2 Å². The first-order valence-electron chi connectivity index (χ1n) is 5.78. The molecular weight excluding hydrogens is 271 g/mol. The minimum Gasteiger partial charge on any atom is -0.326 e. The Morgan fingerprint density at radius 1 is 1.20 bits per heavy atom. The summed E-state index contributed by atoms with van der Waals surface area (Å²) in [6.07, 6.45) is -3.83. The molecule has 0 radical (unpaired) electrons. The van der Waals surface area contributed by atoms with E-state index in [-0.39, 0.29) is 0 Å². The van der Waals surface area contributed by atoms with Crippen LogP contribution in [0, 0.1) is 13.8 Å². The van der Waals surface area contributed by atoms with Gasteiger partial charge in [-0.25, -0.2) is 4.68 Å². The SMILES string of the molecule is Cc1nn(-c2ccc(C(F)(F)F)cc2)c(C)c1NC=O. The van der Waals surface area contributed by atoms with E-state index < -0.39 is 11.7 Å². The van der Waals surface area contributed by atoms with Gasteiger partial charge in [0.05, 0.1) is 28.3 Å². The molecule has 0 fully saturated rings. The van der Waals surface area contributed by atoms with Crippen molar-refractivity contribution < 1.29 is 18.0 Å². The lowest BCUT2D eigenvalue weighted by atomic mass is 10.2. The van der Waals surface area contributed by atoms with E-state index in [1.54, 1.807) is 13.8 Å². The summed E-state index contributed by atoms with van der Waals surface area (Å²) in [6.45, 7) is 3.43. The maximum Gasteiger partial charge on any atom is 0.416 e. The van der Waals surface area contributed by atoms with Crippen LogP contribution in [0.15, 0.2) is 24.3 Å². The van der Waals surface area contributed by atoms with Gasteiger partial charge in [-0.1, -0.05) is 0 Å². The molecule has 1 aromatic heterocycles. The summed E-state index contributed by atoms with van der Waals surface area (Å²) in [4.78, 5) is 10.5. The quantitative estimate of drug-likeness (QED) is 0.880. The number of halogens is 3. The molecule has 0 bridgehead atoms. The van der Waals surface area contributed by atoms with E-state index in [9.17, 15) is 18.0 Å². The first-order chi connectivity index (χ1) is 9.34. The van der Waals surface area contributed by atoms with Gasteiger partial charge in [-0.15, -0.1) is 0 Å². The number of carbonyl (C=O) groups excluding carboxylic acids is 1.